The third-order valence-corrected chi connectivity index (χ3v) is 15.4. The summed E-state index contributed by atoms with van der Waals surface area (Å²) in [5, 5.41) is 7.10. The second-order valence-corrected chi connectivity index (χ2v) is 22.4. The Labute approximate surface area is 439 Å². The first-order valence-electron chi connectivity index (χ1n) is 28.2. The van der Waals surface area contributed by atoms with Crippen molar-refractivity contribution in [3.63, 3.8) is 0 Å². The van der Waals surface area contributed by atoms with Gasteiger partial charge in [-0.15, -0.1) is 0 Å². The van der Waals surface area contributed by atoms with Crippen LogP contribution in [-0.2, 0) is 37.7 Å². The molecule has 3 unspecified atom stereocenters. The minimum absolute atomic E-state index is 0.0423. The van der Waals surface area contributed by atoms with Crippen LogP contribution in [0.2, 0.25) is 0 Å². The van der Waals surface area contributed by atoms with Crippen LogP contribution in [0.1, 0.15) is 212 Å². The number of hydrogen-bond acceptors (Lipinski definition) is 9. The minimum Gasteiger partial charge on any atom is -0.485 e. The molecule has 0 radical (unpaired) electrons. The summed E-state index contributed by atoms with van der Waals surface area (Å²) < 4.78 is 36.0. The first-order chi connectivity index (χ1) is 35.1. The molecule has 3 N–H and O–H groups in total. The highest BCUT2D eigenvalue weighted by atomic mass is 32.1. The number of rotatable bonds is 41. The number of hydrogen-bond donors (Lipinski definition) is 3. The van der Waals surface area contributed by atoms with E-state index >= 15 is 0 Å². The molecule has 1 aromatic carbocycles. The van der Waals surface area contributed by atoms with E-state index in [2.05, 4.69) is 42.7 Å². The van der Waals surface area contributed by atoms with Crippen LogP contribution < -0.4 is 10.6 Å². The van der Waals surface area contributed by atoms with Gasteiger partial charge in [-0.25, -0.2) is 0 Å². The lowest BCUT2D eigenvalue weighted by Crippen LogP contribution is -2.30. The number of nitrogens with one attached hydrogen (secondary N) is 2. The van der Waals surface area contributed by atoms with Gasteiger partial charge in [-0.2, -0.15) is 0 Å². The predicted octanol–water partition coefficient (Wildman–Crippen LogP) is 15.3. The van der Waals surface area contributed by atoms with Gasteiger partial charge in [0.25, 0.3) is 0 Å². The number of ketones is 1. The first kappa shape index (κ1) is 60.7. The molecule has 0 bridgehead atoms. The zero-order valence-corrected chi connectivity index (χ0v) is 45.9. The molecular weight excluding hydrogens is 944 g/mol. The molecule has 0 spiro atoms. The maximum atomic E-state index is 13.1. The molecule has 4 rings (SSSR count). The van der Waals surface area contributed by atoms with E-state index in [1.54, 1.807) is 12.2 Å². The number of anilines is 1. The third kappa shape index (κ3) is 25.9. The Bertz CT molecular complexity index is 1960. The summed E-state index contributed by atoms with van der Waals surface area (Å²) in [6, 6.07) is 8.14. The summed E-state index contributed by atoms with van der Waals surface area (Å²) in [5.41, 5.74) is 3.98. The molecule has 3 aliphatic rings. The van der Waals surface area contributed by atoms with Gasteiger partial charge >= 0.3 is 19.5 Å². The monoisotopic (exact) mass is 1030 g/mol. The molecule has 4 atom stereocenters. The molecule has 11 nitrogen and oxygen atoms in total. The van der Waals surface area contributed by atoms with Crippen LogP contribution >= 0.6 is 19.8 Å². The molecule has 72 heavy (non-hydrogen) atoms. The van der Waals surface area contributed by atoms with Crippen LogP contribution in [0.15, 0.2) is 78.1 Å². The molecule has 0 saturated carbocycles. The smallest absolute Gasteiger partial charge is 0.328 e. The molecule has 402 valence electrons. The van der Waals surface area contributed by atoms with Gasteiger partial charge in [0.05, 0.1) is 12.8 Å². The first-order valence-corrected chi connectivity index (χ1v) is 30.4. The molecule has 1 aromatic rings. The lowest BCUT2D eigenvalue weighted by Gasteiger charge is -2.36. The Hall–Kier alpha value is -3.83. The molecule has 0 saturated heterocycles. The van der Waals surface area contributed by atoms with Crippen molar-refractivity contribution >= 4 is 53.9 Å². The summed E-state index contributed by atoms with van der Waals surface area (Å²) in [4.78, 5) is 48.3. The highest BCUT2D eigenvalue weighted by molar-refractivity contribution is 7.80. The summed E-state index contributed by atoms with van der Waals surface area (Å²) in [6.07, 6.45) is 43.2. The average molecular weight is 1040 g/mol. The van der Waals surface area contributed by atoms with Crippen molar-refractivity contribution in [3.05, 3.63) is 83.7 Å². The van der Waals surface area contributed by atoms with Crippen LogP contribution in [0.25, 0.3) is 5.57 Å². The second kappa shape index (κ2) is 37.0. The standard InChI is InChI=1S/C59H91N2O9PS/c1-3-5-7-9-11-13-15-17-19-22-26-34-56(63)67-47-51(69-57(64)35-27-23-20-18-16-14-12-10-8-6-4-2)42-45-71(65,66)68-44-31-25-21-24-30-43-60-59(72)61-49-38-36-48(37-39-49)58-52-32-28-29-33-54(52)70-55-46-50(62)40-41-53(55)58/h28-29,32-33,36-41,46,51-52,54H,3-27,30-31,34-35,42-45,47H2,1-2H3,(H,65,66)(H2,60,61,72)/t51-,52?,54?/m0/s1. The zero-order valence-electron chi connectivity index (χ0n) is 44.2. The van der Waals surface area contributed by atoms with Crippen molar-refractivity contribution in [1.82, 2.24) is 5.32 Å². The summed E-state index contributed by atoms with van der Waals surface area (Å²) >= 11 is 5.58. The number of allylic oxidation sites excluding steroid dienone is 5. The fraction of sp³-hybridized carbons (Fsp3) is 0.661. The molecule has 13 heteroatoms. The van der Waals surface area contributed by atoms with Crippen LogP contribution in [-0.4, -0.2) is 65.9 Å². The Kier molecular flexibility index (Phi) is 31.2. The SMILES string of the molecule is CCCCCCCCCCCCCC(=O)OC[C@H](CCP(=O)(O)OCCCCCCCNC(=S)Nc1ccc(C2=C3C=CC(=O)C=C3OC3C=CC=CC23)cc1)OC(=O)CCCCCCCCCCCCC. The maximum absolute atomic E-state index is 13.1. The third-order valence-electron chi connectivity index (χ3n) is 13.7. The lowest BCUT2D eigenvalue weighted by atomic mass is 9.79. The van der Waals surface area contributed by atoms with Crippen LogP contribution in [0.5, 0.6) is 0 Å². The number of unbranched alkanes of at least 4 members (excludes halogenated alkanes) is 24. The van der Waals surface area contributed by atoms with Gasteiger partial charge < -0.3 is 34.3 Å². The van der Waals surface area contributed by atoms with E-state index in [4.69, 9.17) is 31.0 Å². The van der Waals surface area contributed by atoms with Crippen molar-refractivity contribution < 1.29 is 42.6 Å². The molecule has 0 amide bonds. The molecule has 0 fully saturated rings. The Morgan fingerprint density at radius 1 is 0.708 bits per heavy atom. The largest absolute Gasteiger partial charge is 0.485 e. The number of fused-ring (bicyclic) bond motifs is 2. The summed E-state index contributed by atoms with van der Waals surface area (Å²) in [7, 11) is -3.95. The fourth-order valence-corrected chi connectivity index (χ4v) is 10.8. The van der Waals surface area contributed by atoms with Gasteiger partial charge in [0, 0.05) is 42.6 Å². The Balaban J connectivity index is 1.08. The van der Waals surface area contributed by atoms with Crippen LogP contribution in [0.4, 0.5) is 5.69 Å². The minimum atomic E-state index is -3.95. The van der Waals surface area contributed by atoms with E-state index in [1.807, 2.05) is 36.4 Å². The van der Waals surface area contributed by atoms with Gasteiger partial charge in [-0.3, -0.25) is 18.9 Å². The van der Waals surface area contributed by atoms with Gasteiger partial charge in [-0.05, 0) is 85.8 Å². The van der Waals surface area contributed by atoms with Gasteiger partial charge in [0.1, 0.15) is 24.6 Å². The Morgan fingerprint density at radius 2 is 1.25 bits per heavy atom. The normalized spacial score (nSPS) is 17.1. The Morgan fingerprint density at radius 3 is 1.86 bits per heavy atom. The summed E-state index contributed by atoms with van der Waals surface area (Å²) in [6.45, 7) is 5.22. The maximum Gasteiger partial charge on any atom is 0.328 e. The predicted molar refractivity (Wildman–Crippen MR) is 298 cm³/mol. The van der Waals surface area contributed by atoms with Crippen molar-refractivity contribution in [2.45, 2.75) is 219 Å². The lowest BCUT2D eigenvalue weighted by molar-refractivity contribution is -0.159. The highest BCUT2D eigenvalue weighted by Gasteiger charge is 2.35. The van der Waals surface area contributed by atoms with Crippen molar-refractivity contribution in [3.8, 4) is 0 Å². The van der Waals surface area contributed by atoms with E-state index in [9.17, 15) is 23.8 Å². The molecule has 2 aliphatic carbocycles. The van der Waals surface area contributed by atoms with Crippen molar-refractivity contribution in [1.29, 1.82) is 0 Å². The topological polar surface area (TPSA) is 149 Å². The number of benzene rings is 1. The quantitative estimate of drug-likeness (QED) is 0.0248. The second-order valence-electron chi connectivity index (χ2n) is 20.0. The fourth-order valence-electron chi connectivity index (χ4n) is 9.45. The van der Waals surface area contributed by atoms with Gasteiger partial charge in [0.15, 0.2) is 10.9 Å². The van der Waals surface area contributed by atoms with Gasteiger partial charge in [-0.1, -0.05) is 192 Å². The van der Waals surface area contributed by atoms with Crippen molar-refractivity contribution in [2.24, 2.45) is 5.92 Å². The van der Waals surface area contributed by atoms with E-state index < -0.39 is 13.7 Å². The van der Waals surface area contributed by atoms with Crippen LogP contribution in [0.3, 0.4) is 0 Å². The molecule has 1 heterocycles. The molecular formula is C59H91N2O9PS. The molecule has 0 aromatic heterocycles. The van der Waals surface area contributed by atoms with E-state index in [1.165, 1.54) is 103 Å². The van der Waals surface area contributed by atoms with Gasteiger partial charge in [0.2, 0.25) is 0 Å². The van der Waals surface area contributed by atoms with E-state index in [0.29, 0.717) is 30.3 Å². The highest BCUT2D eigenvalue weighted by Crippen LogP contribution is 2.44. The average Bonchev–Trinajstić information content (AvgIpc) is 3.37. The van der Waals surface area contributed by atoms with Crippen molar-refractivity contribution in [2.75, 3.05) is 31.2 Å². The number of thiocarbonyl (C=S) groups is 1. The van der Waals surface area contributed by atoms with E-state index in [-0.39, 0.29) is 62.0 Å². The number of esters is 2. The molecule has 1 aliphatic heterocycles. The zero-order chi connectivity index (χ0) is 51.5. The van der Waals surface area contributed by atoms with Crippen LogP contribution in [0, 0.1) is 5.92 Å². The van der Waals surface area contributed by atoms with E-state index in [0.717, 1.165) is 86.6 Å². The summed E-state index contributed by atoms with van der Waals surface area (Å²) in [5.74, 6) is -0.114. The number of ether oxygens (including phenoxy) is 3. The number of carbonyl (C=O) groups excluding carboxylic acids is 3. The number of carbonyl (C=O) groups is 3.